The molecule has 0 N–H and O–H groups in total. The van der Waals surface area contributed by atoms with Crippen molar-refractivity contribution in [3.05, 3.63) is 298 Å². The average molecular weight is 1170 g/mol. The van der Waals surface area contributed by atoms with E-state index in [0.29, 0.717) is 0 Å². The van der Waals surface area contributed by atoms with Gasteiger partial charge in [0.2, 0.25) is 0 Å². The molecule has 19 rings (SSSR count). The maximum Gasteiger partial charge on any atom is 0.0964 e. The van der Waals surface area contributed by atoms with Crippen LogP contribution >= 0.6 is 0 Å². The van der Waals surface area contributed by atoms with Crippen molar-refractivity contribution in [2.75, 3.05) is 0 Å². The van der Waals surface area contributed by atoms with E-state index in [4.69, 9.17) is 24.9 Å². The van der Waals surface area contributed by atoms with Gasteiger partial charge in [0.1, 0.15) is 0 Å². The molecule has 0 fully saturated rings. The van der Waals surface area contributed by atoms with Crippen LogP contribution in [0.1, 0.15) is 0 Å². The highest BCUT2D eigenvalue weighted by atomic mass is 14.7. The van der Waals surface area contributed by atoms with E-state index in [1.54, 1.807) is 0 Å². The number of nitrogens with zero attached hydrogens (tertiary/aromatic N) is 7. The van der Waals surface area contributed by atoms with Crippen LogP contribution in [0.4, 0.5) is 0 Å². The van der Waals surface area contributed by atoms with Crippen LogP contribution in [-0.4, -0.2) is 34.9 Å². The van der Waals surface area contributed by atoms with Gasteiger partial charge in [-0.3, -0.25) is 29.9 Å². The Balaban J connectivity index is 0.673. The maximum atomic E-state index is 5.44. The lowest BCUT2D eigenvalue weighted by molar-refractivity contribution is 1.33. The van der Waals surface area contributed by atoms with Crippen LogP contribution in [-0.2, 0) is 0 Å². The van der Waals surface area contributed by atoms with Gasteiger partial charge in [-0.15, -0.1) is 0 Å². The minimum Gasteiger partial charge on any atom is -0.256 e. The molecule has 424 valence electrons. The maximum absolute atomic E-state index is 5.44. The number of pyridine rings is 7. The fourth-order valence-corrected chi connectivity index (χ4v) is 14.6. The molecule has 0 aliphatic carbocycles. The van der Waals surface area contributed by atoms with Crippen LogP contribution < -0.4 is 0 Å². The Labute approximate surface area is 527 Å². The van der Waals surface area contributed by atoms with Gasteiger partial charge in [-0.2, -0.15) is 0 Å². The smallest absolute Gasteiger partial charge is 0.0964 e. The van der Waals surface area contributed by atoms with Gasteiger partial charge in [-0.25, -0.2) is 4.98 Å². The minimum absolute atomic E-state index is 0.897. The van der Waals surface area contributed by atoms with Crippen LogP contribution in [0, 0.1) is 0 Å². The third-order valence-electron chi connectivity index (χ3n) is 18.9. The third kappa shape index (κ3) is 8.26. The highest BCUT2D eigenvalue weighted by molar-refractivity contribution is 6.26. The summed E-state index contributed by atoms with van der Waals surface area (Å²) in [7, 11) is 0. The highest BCUT2D eigenvalue weighted by Crippen LogP contribution is 2.45. The lowest BCUT2D eigenvalue weighted by atomic mass is 9.88. The number of aromatic nitrogens is 7. The van der Waals surface area contributed by atoms with Crippen molar-refractivity contribution in [2.24, 2.45) is 0 Å². The molecule has 7 aromatic heterocycles. The van der Waals surface area contributed by atoms with Gasteiger partial charge >= 0.3 is 0 Å². The van der Waals surface area contributed by atoms with Gasteiger partial charge in [0.05, 0.1) is 44.7 Å². The molecule has 0 amide bonds. The molecule has 92 heavy (non-hydrogen) atoms. The van der Waals surface area contributed by atoms with Crippen molar-refractivity contribution in [1.29, 1.82) is 0 Å². The summed E-state index contributed by atoms with van der Waals surface area (Å²) in [6, 6.07) is 93.9. The molecule has 0 atom stereocenters. The van der Waals surface area contributed by atoms with Crippen molar-refractivity contribution in [2.45, 2.75) is 0 Å². The van der Waals surface area contributed by atoms with Crippen LogP contribution in [0.25, 0.3) is 197 Å². The molecule has 12 aromatic carbocycles. The first kappa shape index (κ1) is 51.6. The fourth-order valence-electron chi connectivity index (χ4n) is 14.6. The summed E-state index contributed by atoms with van der Waals surface area (Å²) in [5.74, 6) is 0. The van der Waals surface area contributed by atoms with E-state index in [-0.39, 0.29) is 0 Å². The Kier molecular flexibility index (Phi) is 11.5. The fraction of sp³-hybridized carbons (Fsp3) is 0. The predicted molar refractivity (Wildman–Crippen MR) is 382 cm³/mol. The van der Waals surface area contributed by atoms with E-state index in [2.05, 4.69) is 253 Å². The van der Waals surface area contributed by atoms with E-state index >= 15 is 0 Å². The summed E-state index contributed by atoms with van der Waals surface area (Å²) in [4.78, 5) is 34.8. The summed E-state index contributed by atoms with van der Waals surface area (Å²) in [6.07, 6.45) is 11.4. The number of hydrogen-bond donors (Lipinski definition) is 0. The molecule has 0 saturated heterocycles. The van der Waals surface area contributed by atoms with Crippen LogP contribution in [0.5, 0.6) is 0 Å². The van der Waals surface area contributed by atoms with Gasteiger partial charge in [0.15, 0.2) is 0 Å². The average Bonchev–Trinajstić information content (AvgIpc) is 0.760. The lowest BCUT2D eigenvalue weighted by Gasteiger charge is -2.17. The standard InChI is InChI=1S/C85H49N7/c1-2-12-64-50(10-1)21-24-57-45-73(72-32-31-63(71-18-9-39-90-85(71)72)60-43-59-26-22-51-11-7-38-89-83(51)84(59)91-49-60)67-30-28-56(44-75(67)82(57)64)76-34-33-69-62(16-6-20-78(69)92-76)53-35-40-87-79(47-53)55-27-29-65-52(42-55)23-25-58-46-74(66-13-3-4-14-70(66)81(58)65)80-48-54(36-41-88-80)61-15-5-19-77-68(61)17-8-37-86-77/h1-49H. The first-order valence-corrected chi connectivity index (χ1v) is 31.0. The van der Waals surface area contributed by atoms with E-state index < -0.39 is 0 Å². The number of benzene rings is 12. The first-order valence-electron chi connectivity index (χ1n) is 31.0. The Hall–Kier alpha value is -12.5. The van der Waals surface area contributed by atoms with Crippen molar-refractivity contribution < 1.29 is 0 Å². The van der Waals surface area contributed by atoms with E-state index in [1.165, 1.54) is 37.7 Å². The lowest BCUT2D eigenvalue weighted by Crippen LogP contribution is -1.93. The normalized spacial score (nSPS) is 11.9. The van der Waals surface area contributed by atoms with Crippen LogP contribution in [0.3, 0.4) is 0 Å². The topological polar surface area (TPSA) is 90.2 Å². The molecule has 7 heterocycles. The molecule has 0 aliphatic rings. The molecule has 7 nitrogen and oxygen atoms in total. The zero-order valence-corrected chi connectivity index (χ0v) is 49.4. The van der Waals surface area contributed by atoms with Gasteiger partial charge < -0.3 is 0 Å². The highest BCUT2D eigenvalue weighted by Gasteiger charge is 2.20. The number of fused-ring (bicyclic) bond motifs is 16. The molecular weight excluding hydrogens is 1120 g/mol. The summed E-state index contributed by atoms with van der Waals surface area (Å²) in [5, 5.41) is 19.6. The molecule has 0 unspecified atom stereocenters. The molecule has 7 heteroatoms. The molecule has 19 aromatic rings. The molecule has 0 aliphatic heterocycles. The Morgan fingerprint density at radius 1 is 0.196 bits per heavy atom. The Morgan fingerprint density at radius 2 is 0.750 bits per heavy atom. The second kappa shape index (κ2) is 20.6. The Morgan fingerprint density at radius 3 is 1.61 bits per heavy atom. The molecule has 0 saturated carbocycles. The number of hydrogen-bond acceptors (Lipinski definition) is 7. The van der Waals surface area contributed by atoms with Crippen molar-refractivity contribution >= 4 is 119 Å². The van der Waals surface area contributed by atoms with E-state index in [1.807, 2.05) is 55.4 Å². The minimum atomic E-state index is 0.897. The predicted octanol–water partition coefficient (Wildman–Crippen LogP) is 21.8. The van der Waals surface area contributed by atoms with Crippen molar-refractivity contribution in [1.82, 2.24) is 34.9 Å². The van der Waals surface area contributed by atoms with Crippen molar-refractivity contribution in [3.8, 4) is 78.3 Å². The van der Waals surface area contributed by atoms with E-state index in [0.717, 1.165) is 160 Å². The summed E-state index contributed by atoms with van der Waals surface area (Å²) >= 11 is 0. The molecule has 0 spiro atoms. The van der Waals surface area contributed by atoms with Crippen molar-refractivity contribution in [3.63, 3.8) is 0 Å². The zero-order valence-electron chi connectivity index (χ0n) is 49.4. The van der Waals surface area contributed by atoms with E-state index in [9.17, 15) is 0 Å². The zero-order chi connectivity index (χ0) is 60.4. The summed E-state index contributed by atoms with van der Waals surface area (Å²) in [6.45, 7) is 0. The number of rotatable bonds is 7. The summed E-state index contributed by atoms with van der Waals surface area (Å²) in [5.41, 5.74) is 19.3. The van der Waals surface area contributed by atoms with Gasteiger partial charge in [-0.05, 0) is 189 Å². The molecule has 0 bridgehead atoms. The largest absolute Gasteiger partial charge is 0.256 e. The third-order valence-corrected chi connectivity index (χ3v) is 18.9. The van der Waals surface area contributed by atoms with Gasteiger partial charge in [-0.1, -0.05) is 170 Å². The van der Waals surface area contributed by atoms with Gasteiger partial charge in [0, 0.05) is 91.9 Å². The summed E-state index contributed by atoms with van der Waals surface area (Å²) < 4.78 is 0. The van der Waals surface area contributed by atoms with Gasteiger partial charge in [0.25, 0.3) is 0 Å². The first-order chi connectivity index (χ1) is 45.6. The van der Waals surface area contributed by atoms with Crippen LogP contribution in [0.15, 0.2) is 298 Å². The Bertz CT molecular complexity index is 6350. The monoisotopic (exact) mass is 1170 g/mol. The second-order valence-corrected chi connectivity index (χ2v) is 23.9. The van der Waals surface area contributed by atoms with Crippen LogP contribution in [0.2, 0.25) is 0 Å². The molecule has 0 radical (unpaired) electrons. The second-order valence-electron chi connectivity index (χ2n) is 23.9. The SMILES string of the molecule is c1ccc2c(c1)ccc1cc(-c3ccc(-c4cnc5c(ccc6cccnc65)c4)c4cccnc34)c3ccc(-c4ccc5c(-c6ccnc(-c7ccc8c(ccc9cc(-c%10cc(-c%11cccc%12ncccc%11%12)ccn%10)c%10ccccc%10c98)c7)c6)cccc5n4)cc3c12. The quantitative estimate of drug-likeness (QED) is 0.147. The molecular formula is C85H49N7.